The van der Waals surface area contributed by atoms with Crippen molar-refractivity contribution in [2.75, 3.05) is 23.3 Å². The molecule has 1 atom stereocenters. The summed E-state index contributed by atoms with van der Waals surface area (Å²) in [6.07, 6.45) is 4.30. The minimum atomic E-state index is 0.704. The summed E-state index contributed by atoms with van der Waals surface area (Å²) in [5.74, 6) is 1.62. The second kappa shape index (κ2) is 5.69. The molecule has 2 rings (SSSR count). The molecule has 0 spiro atoms. The Hall–Kier alpha value is 0.200. The highest BCUT2D eigenvalue weighted by atomic mass is 79.9. The van der Waals surface area contributed by atoms with Gasteiger partial charge in [0, 0.05) is 29.1 Å². The van der Waals surface area contributed by atoms with E-state index in [2.05, 4.69) is 41.7 Å². The summed E-state index contributed by atoms with van der Waals surface area (Å²) in [7, 11) is 0. The molecule has 0 aromatic carbocycles. The zero-order valence-electron chi connectivity index (χ0n) is 8.80. The van der Waals surface area contributed by atoms with Gasteiger partial charge in [-0.15, -0.1) is 0 Å². The van der Waals surface area contributed by atoms with Gasteiger partial charge in [-0.3, -0.25) is 0 Å². The standard InChI is InChI=1S/C11H13Br2ClN2/c12-5-8-2-1-3-16(7-8)11-10(14)4-9(13)6-15-11/h4,6,8H,1-3,5,7H2. The lowest BCUT2D eigenvalue weighted by molar-refractivity contribution is 0.453. The van der Waals surface area contributed by atoms with Gasteiger partial charge in [0.1, 0.15) is 5.82 Å². The summed E-state index contributed by atoms with van der Waals surface area (Å²) in [6, 6.07) is 1.90. The smallest absolute Gasteiger partial charge is 0.147 e. The Morgan fingerprint density at radius 3 is 3.06 bits per heavy atom. The van der Waals surface area contributed by atoms with Gasteiger partial charge in [0.15, 0.2) is 0 Å². The van der Waals surface area contributed by atoms with Crippen LogP contribution in [-0.4, -0.2) is 23.4 Å². The molecule has 88 valence electrons. The van der Waals surface area contributed by atoms with E-state index in [1.54, 1.807) is 6.20 Å². The molecular formula is C11H13Br2ClN2. The highest BCUT2D eigenvalue weighted by molar-refractivity contribution is 9.10. The molecule has 1 aliphatic heterocycles. The van der Waals surface area contributed by atoms with E-state index in [1.165, 1.54) is 12.8 Å². The summed E-state index contributed by atoms with van der Waals surface area (Å²) in [5.41, 5.74) is 0. The average Bonchev–Trinajstić information content (AvgIpc) is 2.29. The van der Waals surface area contributed by atoms with E-state index in [-0.39, 0.29) is 0 Å². The normalized spacial score (nSPS) is 21.2. The van der Waals surface area contributed by atoms with Crippen LogP contribution in [0.3, 0.4) is 0 Å². The van der Waals surface area contributed by atoms with Crippen LogP contribution in [0.15, 0.2) is 16.7 Å². The molecule has 1 unspecified atom stereocenters. The predicted molar refractivity (Wildman–Crippen MR) is 75.7 cm³/mol. The van der Waals surface area contributed by atoms with Crippen molar-refractivity contribution in [3.63, 3.8) is 0 Å². The number of alkyl halides is 1. The van der Waals surface area contributed by atoms with E-state index < -0.39 is 0 Å². The fourth-order valence-electron chi connectivity index (χ4n) is 2.02. The molecular weight excluding hydrogens is 355 g/mol. The molecule has 2 nitrogen and oxygen atoms in total. The van der Waals surface area contributed by atoms with Crippen LogP contribution in [0.5, 0.6) is 0 Å². The quantitative estimate of drug-likeness (QED) is 0.731. The number of hydrogen-bond acceptors (Lipinski definition) is 2. The third kappa shape index (κ3) is 2.90. The molecule has 1 fully saturated rings. The van der Waals surface area contributed by atoms with Crippen LogP contribution in [0.1, 0.15) is 12.8 Å². The third-order valence-corrected chi connectivity index (χ3v) is 4.45. The van der Waals surface area contributed by atoms with Gasteiger partial charge >= 0.3 is 0 Å². The van der Waals surface area contributed by atoms with Gasteiger partial charge in [0.05, 0.1) is 5.02 Å². The second-order valence-corrected chi connectivity index (χ2v) is 6.04. The number of rotatable bonds is 2. The van der Waals surface area contributed by atoms with Gasteiger partial charge < -0.3 is 4.90 Å². The molecule has 1 aromatic heterocycles. The summed E-state index contributed by atoms with van der Waals surface area (Å²) in [5, 5.41) is 1.78. The van der Waals surface area contributed by atoms with Gasteiger partial charge in [-0.25, -0.2) is 4.98 Å². The van der Waals surface area contributed by atoms with Crippen molar-refractivity contribution in [3.8, 4) is 0 Å². The molecule has 0 amide bonds. The summed E-state index contributed by atoms with van der Waals surface area (Å²) in [6.45, 7) is 2.09. The minimum absolute atomic E-state index is 0.704. The van der Waals surface area contributed by atoms with E-state index in [0.717, 1.165) is 33.7 Å². The molecule has 0 aliphatic carbocycles. The van der Waals surface area contributed by atoms with Crippen LogP contribution < -0.4 is 4.90 Å². The lowest BCUT2D eigenvalue weighted by Crippen LogP contribution is -2.36. The van der Waals surface area contributed by atoms with Crippen LogP contribution in [0.2, 0.25) is 5.02 Å². The van der Waals surface area contributed by atoms with Gasteiger partial charge in [-0.1, -0.05) is 27.5 Å². The molecule has 0 bridgehead atoms. The van der Waals surface area contributed by atoms with Crippen LogP contribution in [0, 0.1) is 5.92 Å². The molecule has 0 radical (unpaired) electrons. The molecule has 0 N–H and O–H groups in total. The highest BCUT2D eigenvalue weighted by Crippen LogP contribution is 2.30. The Bertz CT molecular complexity index is 373. The lowest BCUT2D eigenvalue weighted by Gasteiger charge is -2.33. The first kappa shape index (κ1) is 12.7. The largest absolute Gasteiger partial charge is 0.355 e. The molecule has 16 heavy (non-hydrogen) atoms. The lowest BCUT2D eigenvalue weighted by atomic mass is 10.0. The van der Waals surface area contributed by atoms with E-state index >= 15 is 0 Å². The first-order valence-corrected chi connectivity index (χ1v) is 7.62. The maximum atomic E-state index is 6.21. The maximum Gasteiger partial charge on any atom is 0.147 e. The van der Waals surface area contributed by atoms with E-state index in [0.29, 0.717) is 5.92 Å². The number of halogens is 3. The van der Waals surface area contributed by atoms with Gasteiger partial charge in [0.25, 0.3) is 0 Å². The highest BCUT2D eigenvalue weighted by Gasteiger charge is 2.21. The minimum Gasteiger partial charge on any atom is -0.355 e. The van der Waals surface area contributed by atoms with Crippen LogP contribution >= 0.6 is 43.5 Å². The Morgan fingerprint density at radius 2 is 2.38 bits per heavy atom. The predicted octanol–water partition coefficient (Wildman–Crippen LogP) is 4.11. The molecule has 1 saturated heterocycles. The molecule has 2 heterocycles. The molecule has 0 saturated carbocycles. The fraction of sp³-hybridized carbons (Fsp3) is 0.545. The number of anilines is 1. The van der Waals surface area contributed by atoms with Crippen molar-refractivity contribution >= 4 is 49.3 Å². The summed E-state index contributed by atoms with van der Waals surface area (Å²) < 4.78 is 0.926. The number of piperidine rings is 1. The Morgan fingerprint density at radius 1 is 1.56 bits per heavy atom. The van der Waals surface area contributed by atoms with Gasteiger partial charge in [0.2, 0.25) is 0 Å². The van der Waals surface area contributed by atoms with E-state index in [9.17, 15) is 0 Å². The zero-order chi connectivity index (χ0) is 11.5. The van der Waals surface area contributed by atoms with Crippen molar-refractivity contribution in [1.29, 1.82) is 0 Å². The number of hydrogen-bond donors (Lipinski definition) is 0. The van der Waals surface area contributed by atoms with E-state index in [1.807, 2.05) is 6.07 Å². The van der Waals surface area contributed by atoms with Crippen molar-refractivity contribution in [2.24, 2.45) is 5.92 Å². The van der Waals surface area contributed by atoms with Crippen LogP contribution in [-0.2, 0) is 0 Å². The number of aromatic nitrogens is 1. The van der Waals surface area contributed by atoms with Gasteiger partial charge in [-0.05, 0) is 40.8 Å². The van der Waals surface area contributed by atoms with Crippen molar-refractivity contribution in [3.05, 3.63) is 21.8 Å². The topological polar surface area (TPSA) is 16.1 Å². The van der Waals surface area contributed by atoms with Crippen molar-refractivity contribution in [2.45, 2.75) is 12.8 Å². The average molecular weight is 369 g/mol. The van der Waals surface area contributed by atoms with Gasteiger partial charge in [-0.2, -0.15) is 0 Å². The number of nitrogens with zero attached hydrogens (tertiary/aromatic N) is 2. The number of pyridine rings is 1. The fourth-order valence-corrected chi connectivity index (χ4v) is 3.30. The van der Waals surface area contributed by atoms with Crippen LogP contribution in [0.25, 0.3) is 0 Å². The van der Waals surface area contributed by atoms with Crippen LogP contribution in [0.4, 0.5) is 5.82 Å². The SMILES string of the molecule is Clc1cc(Br)cnc1N1CCCC(CBr)C1. The second-order valence-electron chi connectivity index (χ2n) is 4.07. The maximum absolute atomic E-state index is 6.21. The van der Waals surface area contributed by atoms with Crippen molar-refractivity contribution < 1.29 is 0 Å². The molecule has 1 aliphatic rings. The summed E-state index contributed by atoms with van der Waals surface area (Å²) in [4.78, 5) is 6.68. The Balaban J connectivity index is 2.16. The first-order valence-electron chi connectivity index (χ1n) is 5.32. The Kier molecular flexibility index (Phi) is 4.50. The third-order valence-electron chi connectivity index (χ3n) is 2.83. The monoisotopic (exact) mass is 366 g/mol. The van der Waals surface area contributed by atoms with Crippen molar-refractivity contribution in [1.82, 2.24) is 4.98 Å². The molecule has 1 aromatic rings. The zero-order valence-corrected chi connectivity index (χ0v) is 12.7. The van der Waals surface area contributed by atoms with E-state index in [4.69, 9.17) is 11.6 Å². The molecule has 5 heteroatoms. The Labute approximate surface area is 118 Å². The first-order chi connectivity index (χ1) is 7.70. The summed E-state index contributed by atoms with van der Waals surface area (Å²) >= 11 is 13.1.